The number of rotatable bonds is 5. The number of amides is 1. The van der Waals surface area contributed by atoms with Gasteiger partial charge in [0.05, 0.1) is 12.5 Å². The lowest BCUT2D eigenvalue weighted by atomic mass is 9.98. The molecule has 114 valence electrons. The number of hydrogen-bond acceptors (Lipinski definition) is 4. The van der Waals surface area contributed by atoms with E-state index < -0.39 is 0 Å². The van der Waals surface area contributed by atoms with E-state index >= 15 is 0 Å². The number of carbonyl (C=O) groups excluding carboxylic acids is 2. The maximum atomic E-state index is 12.1. The van der Waals surface area contributed by atoms with E-state index in [9.17, 15) is 9.59 Å². The van der Waals surface area contributed by atoms with Gasteiger partial charge in [0.1, 0.15) is 0 Å². The molecule has 1 saturated carbocycles. The van der Waals surface area contributed by atoms with E-state index in [1.807, 2.05) is 16.3 Å². The Hall–Kier alpha value is -1.36. The molecule has 2 aliphatic rings. The molecule has 1 aromatic rings. The van der Waals surface area contributed by atoms with E-state index in [1.54, 1.807) is 11.3 Å². The molecular weight excluding hydrogens is 286 g/mol. The fourth-order valence-electron chi connectivity index (χ4n) is 2.78. The molecule has 2 fully saturated rings. The van der Waals surface area contributed by atoms with Crippen molar-refractivity contribution in [3.05, 3.63) is 22.4 Å². The number of ether oxygens (including phenoxy) is 1. The van der Waals surface area contributed by atoms with Crippen molar-refractivity contribution in [2.24, 2.45) is 11.8 Å². The monoisotopic (exact) mass is 307 g/mol. The topological polar surface area (TPSA) is 46.6 Å². The average Bonchev–Trinajstić information content (AvgIpc) is 3.24. The lowest BCUT2D eigenvalue weighted by Gasteiger charge is -2.31. The van der Waals surface area contributed by atoms with Gasteiger partial charge in [-0.25, -0.2) is 0 Å². The molecule has 0 N–H and O–H groups in total. The van der Waals surface area contributed by atoms with E-state index in [2.05, 4.69) is 6.07 Å². The summed E-state index contributed by atoms with van der Waals surface area (Å²) in [6.45, 7) is 1.79. The molecule has 0 unspecified atom stereocenters. The van der Waals surface area contributed by atoms with E-state index in [1.165, 1.54) is 4.88 Å². The predicted octanol–water partition coefficient (Wildman–Crippen LogP) is 2.48. The summed E-state index contributed by atoms with van der Waals surface area (Å²) in [5, 5.41) is 2.03. The van der Waals surface area contributed by atoms with Crippen LogP contribution in [0.15, 0.2) is 17.5 Å². The van der Waals surface area contributed by atoms with Crippen molar-refractivity contribution >= 4 is 23.2 Å². The predicted molar refractivity (Wildman–Crippen MR) is 81.0 cm³/mol. The molecule has 1 amide bonds. The number of hydrogen-bond donors (Lipinski definition) is 0. The lowest BCUT2D eigenvalue weighted by molar-refractivity contribution is -0.151. The maximum Gasteiger partial charge on any atom is 0.310 e. The first kappa shape index (κ1) is 14.6. The van der Waals surface area contributed by atoms with E-state index in [-0.39, 0.29) is 23.7 Å². The summed E-state index contributed by atoms with van der Waals surface area (Å²) < 4.78 is 5.39. The van der Waals surface area contributed by atoms with Crippen LogP contribution in [0, 0.1) is 11.8 Å². The highest BCUT2D eigenvalue weighted by molar-refractivity contribution is 7.09. The number of esters is 1. The second kappa shape index (κ2) is 6.60. The zero-order chi connectivity index (χ0) is 14.7. The second-order valence-electron chi connectivity index (χ2n) is 5.89. The Bertz CT molecular complexity index is 496. The van der Waals surface area contributed by atoms with Gasteiger partial charge in [-0.05, 0) is 37.1 Å². The molecule has 0 bridgehead atoms. The second-order valence-corrected chi connectivity index (χ2v) is 6.93. The summed E-state index contributed by atoms with van der Waals surface area (Å²) in [5.41, 5.74) is 0. The molecule has 1 aliphatic heterocycles. The van der Waals surface area contributed by atoms with Crippen LogP contribution in [0.4, 0.5) is 0 Å². The Kier molecular flexibility index (Phi) is 4.58. The van der Waals surface area contributed by atoms with E-state index in [4.69, 9.17) is 4.74 Å². The van der Waals surface area contributed by atoms with Crippen LogP contribution in [0.5, 0.6) is 0 Å². The highest BCUT2D eigenvalue weighted by Gasteiger charge is 2.37. The van der Waals surface area contributed by atoms with Gasteiger partial charge in [0, 0.05) is 30.3 Å². The SMILES string of the molecule is O=C(OCCc1cccs1)[C@@H]1CCCN(C(=O)C2CC2)C1. The largest absolute Gasteiger partial charge is 0.465 e. The molecule has 21 heavy (non-hydrogen) atoms. The van der Waals surface area contributed by atoms with Gasteiger partial charge in [-0.1, -0.05) is 6.07 Å². The van der Waals surface area contributed by atoms with Crippen LogP contribution in [-0.2, 0) is 20.7 Å². The zero-order valence-corrected chi connectivity index (χ0v) is 12.9. The molecule has 1 aliphatic carbocycles. The van der Waals surface area contributed by atoms with Crippen LogP contribution in [0.2, 0.25) is 0 Å². The quantitative estimate of drug-likeness (QED) is 0.785. The van der Waals surface area contributed by atoms with Crippen molar-refractivity contribution < 1.29 is 14.3 Å². The van der Waals surface area contributed by atoms with Crippen molar-refractivity contribution in [2.75, 3.05) is 19.7 Å². The van der Waals surface area contributed by atoms with Crippen molar-refractivity contribution in [2.45, 2.75) is 32.1 Å². The molecule has 0 spiro atoms. The van der Waals surface area contributed by atoms with Gasteiger partial charge in [0.25, 0.3) is 0 Å². The summed E-state index contributed by atoms with van der Waals surface area (Å²) in [4.78, 5) is 27.3. The number of thiophene rings is 1. The number of piperidine rings is 1. The molecule has 5 heteroatoms. The fourth-order valence-corrected chi connectivity index (χ4v) is 3.47. The molecule has 3 rings (SSSR count). The van der Waals surface area contributed by atoms with Gasteiger partial charge >= 0.3 is 5.97 Å². The molecule has 0 aromatic carbocycles. The minimum atomic E-state index is -0.139. The fraction of sp³-hybridized carbons (Fsp3) is 0.625. The van der Waals surface area contributed by atoms with Gasteiger partial charge in [-0.3, -0.25) is 9.59 Å². The Morgan fingerprint density at radius 3 is 2.86 bits per heavy atom. The van der Waals surface area contributed by atoms with Crippen LogP contribution in [0.1, 0.15) is 30.6 Å². The Balaban J connectivity index is 1.44. The van der Waals surface area contributed by atoms with Crippen LogP contribution in [0.25, 0.3) is 0 Å². The Morgan fingerprint density at radius 2 is 2.14 bits per heavy atom. The molecular formula is C16H21NO3S. The van der Waals surface area contributed by atoms with Crippen molar-refractivity contribution in [3.63, 3.8) is 0 Å². The van der Waals surface area contributed by atoms with Gasteiger partial charge in [0.15, 0.2) is 0 Å². The molecule has 1 saturated heterocycles. The van der Waals surface area contributed by atoms with Crippen LogP contribution in [-0.4, -0.2) is 36.5 Å². The third-order valence-corrected chi connectivity index (χ3v) is 5.10. The third kappa shape index (κ3) is 3.84. The molecule has 1 aromatic heterocycles. The first-order valence-electron chi connectivity index (χ1n) is 7.72. The van der Waals surface area contributed by atoms with Gasteiger partial charge in [-0.15, -0.1) is 11.3 Å². The minimum Gasteiger partial charge on any atom is -0.465 e. The van der Waals surface area contributed by atoms with E-state index in [0.717, 1.165) is 38.6 Å². The standard InChI is InChI=1S/C16H21NO3S/c18-15(12-5-6-12)17-8-1-3-13(11-17)16(19)20-9-7-14-4-2-10-21-14/h2,4,10,12-13H,1,3,5-9,11H2/t13-/m1/s1. The maximum absolute atomic E-state index is 12.1. The van der Waals surface area contributed by atoms with Crippen LogP contribution < -0.4 is 0 Å². The zero-order valence-electron chi connectivity index (χ0n) is 12.1. The highest BCUT2D eigenvalue weighted by atomic mass is 32.1. The Labute approximate surface area is 129 Å². The molecule has 1 atom stereocenters. The van der Waals surface area contributed by atoms with Crippen molar-refractivity contribution in [3.8, 4) is 0 Å². The van der Waals surface area contributed by atoms with Gasteiger partial charge < -0.3 is 9.64 Å². The molecule has 4 nitrogen and oxygen atoms in total. The summed E-state index contributed by atoms with van der Waals surface area (Å²) in [6, 6.07) is 4.06. The van der Waals surface area contributed by atoms with E-state index in [0.29, 0.717) is 13.2 Å². The molecule has 0 radical (unpaired) electrons. The van der Waals surface area contributed by atoms with Gasteiger partial charge in [0.2, 0.25) is 5.91 Å². The highest BCUT2D eigenvalue weighted by Crippen LogP contribution is 2.32. The molecule has 2 heterocycles. The number of nitrogens with zero attached hydrogens (tertiary/aromatic N) is 1. The van der Waals surface area contributed by atoms with Gasteiger partial charge in [-0.2, -0.15) is 0 Å². The summed E-state index contributed by atoms with van der Waals surface area (Å²) in [7, 11) is 0. The summed E-state index contributed by atoms with van der Waals surface area (Å²) in [5.74, 6) is 0.203. The third-order valence-electron chi connectivity index (χ3n) is 4.17. The number of carbonyl (C=O) groups is 2. The number of likely N-dealkylation sites (tertiary alicyclic amines) is 1. The lowest BCUT2D eigenvalue weighted by Crippen LogP contribution is -2.43. The average molecular weight is 307 g/mol. The van der Waals surface area contributed by atoms with Crippen LogP contribution in [0.3, 0.4) is 0 Å². The summed E-state index contributed by atoms with van der Waals surface area (Å²) in [6.07, 6.45) is 4.56. The smallest absolute Gasteiger partial charge is 0.310 e. The van der Waals surface area contributed by atoms with Crippen molar-refractivity contribution in [1.82, 2.24) is 4.90 Å². The Morgan fingerprint density at radius 1 is 1.29 bits per heavy atom. The first-order valence-corrected chi connectivity index (χ1v) is 8.60. The summed E-state index contributed by atoms with van der Waals surface area (Å²) >= 11 is 1.68. The minimum absolute atomic E-state index is 0.134. The normalized spacial score (nSPS) is 22.1. The van der Waals surface area contributed by atoms with Crippen molar-refractivity contribution in [1.29, 1.82) is 0 Å². The first-order chi connectivity index (χ1) is 10.2. The van der Waals surface area contributed by atoms with Crippen LogP contribution >= 0.6 is 11.3 Å².